The molecule has 0 bridgehead atoms. The van der Waals surface area contributed by atoms with Gasteiger partial charge in [0.1, 0.15) is 11.6 Å². The van der Waals surface area contributed by atoms with E-state index in [9.17, 15) is 0 Å². The molecule has 1 aromatic heterocycles. The summed E-state index contributed by atoms with van der Waals surface area (Å²) in [6.07, 6.45) is 1.75. The molecular weight excluding hydrogens is 262 g/mol. The first-order chi connectivity index (χ1) is 10.3. The number of nitrogens with one attached hydrogen (secondary N) is 1. The van der Waals surface area contributed by atoms with Crippen LogP contribution in [0.5, 0.6) is 5.75 Å². The van der Waals surface area contributed by atoms with Crippen molar-refractivity contribution in [2.24, 2.45) is 5.10 Å². The highest BCUT2D eigenvalue weighted by Gasteiger charge is 1.96. The van der Waals surface area contributed by atoms with Crippen molar-refractivity contribution in [2.75, 3.05) is 12.5 Å². The molecule has 0 aliphatic carbocycles. The van der Waals surface area contributed by atoms with E-state index >= 15 is 0 Å². The van der Waals surface area contributed by atoms with Gasteiger partial charge in [-0.25, -0.2) is 4.98 Å². The maximum atomic E-state index is 5.11. The Labute approximate surface area is 123 Å². The van der Waals surface area contributed by atoms with Crippen LogP contribution in [-0.4, -0.2) is 18.3 Å². The topological polar surface area (TPSA) is 46.5 Å². The van der Waals surface area contributed by atoms with Gasteiger partial charge in [-0.2, -0.15) is 5.10 Å². The van der Waals surface area contributed by atoms with E-state index in [2.05, 4.69) is 15.5 Å². The molecule has 104 valence electrons. The van der Waals surface area contributed by atoms with Gasteiger partial charge in [0.15, 0.2) is 0 Å². The fourth-order valence-corrected chi connectivity index (χ4v) is 1.99. The largest absolute Gasteiger partial charge is 0.497 e. The molecule has 1 heterocycles. The first-order valence-electron chi connectivity index (χ1n) is 6.64. The zero-order valence-electron chi connectivity index (χ0n) is 11.7. The Morgan fingerprint density at radius 1 is 1.00 bits per heavy atom. The molecule has 0 saturated carbocycles. The molecule has 4 heteroatoms. The summed E-state index contributed by atoms with van der Waals surface area (Å²) in [4.78, 5) is 4.49. The summed E-state index contributed by atoms with van der Waals surface area (Å²) in [7, 11) is 1.65. The molecule has 21 heavy (non-hydrogen) atoms. The van der Waals surface area contributed by atoms with Crippen LogP contribution in [0.2, 0.25) is 0 Å². The van der Waals surface area contributed by atoms with Gasteiger partial charge in [0.2, 0.25) is 0 Å². The fourth-order valence-electron chi connectivity index (χ4n) is 1.99. The number of aromatic nitrogens is 1. The van der Waals surface area contributed by atoms with Gasteiger partial charge in [-0.15, -0.1) is 0 Å². The Kier molecular flexibility index (Phi) is 3.78. The van der Waals surface area contributed by atoms with Crippen LogP contribution in [0.4, 0.5) is 5.82 Å². The number of hydrogen-bond acceptors (Lipinski definition) is 4. The molecule has 0 saturated heterocycles. The Hall–Kier alpha value is -2.88. The third-order valence-corrected chi connectivity index (χ3v) is 3.11. The summed E-state index contributed by atoms with van der Waals surface area (Å²) in [6.45, 7) is 0. The number of fused-ring (bicyclic) bond motifs is 1. The summed E-state index contributed by atoms with van der Waals surface area (Å²) < 4.78 is 5.11. The summed E-state index contributed by atoms with van der Waals surface area (Å²) >= 11 is 0. The summed E-state index contributed by atoms with van der Waals surface area (Å²) in [5.41, 5.74) is 4.88. The quantitative estimate of drug-likeness (QED) is 0.584. The number of hydrogen-bond donors (Lipinski definition) is 1. The number of pyridine rings is 1. The lowest BCUT2D eigenvalue weighted by Gasteiger charge is -2.02. The second-order valence-corrected chi connectivity index (χ2v) is 4.53. The summed E-state index contributed by atoms with van der Waals surface area (Å²) in [6, 6.07) is 19.6. The molecule has 0 atom stereocenters. The van der Waals surface area contributed by atoms with Crippen LogP contribution in [-0.2, 0) is 0 Å². The number of ether oxygens (including phenoxy) is 1. The van der Waals surface area contributed by atoms with Gasteiger partial charge in [0.05, 0.1) is 18.8 Å². The van der Waals surface area contributed by atoms with Gasteiger partial charge in [0.25, 0.3) is 0 Å². The second-order valence-electron chi connectivity index (χ2n) is 4.53. The van der Waals surface area contributed by atoms with Crippen LogP contribution in [0.15, 0.2) is 65.8 Å². The first-order valence-corrected chi connectivity index (χ1v) is 6.64. The minimum absolute atomic E-state index is 0.721. The van der Waals surface area contributed by atoms with E-state index in [4.69, 9.17) is 4.74 Å². The molecule has 3 aromatic rings. The van der Waals surface area contributed by atoms with E-state index in [1.54, 1.807) is 13.3 Å². The van der Waals surface area contributed by atoms with Crippen molar-refractivity contribution in [1.29, 1.82) is 0 Å². The van der Waals surface area contributed by atoms with Crippen LogP contribution in [0.25, 0.3) is 10.9 Å². The molecule has 0 aliphatic rings. The number of anilines is 1. The molecule has 2 aromatic carbocycles. The highest BCUT2D eigenvalue weighted by molar-refractivity contribution is 5.81. The smallest absolute Gasteiger partial charge is 0.146 e. The van der Waals surface area contributed by atoms with E-state index < -0.39 is 0 Å². The maximum Gasteiger partial charge on any atom is 0.146 e. The number of hydrazone groups is 1. The zero-order chi connectivity index (χ0) is 14.5. The number of nitrogens with zero attached hydrogens (tertiary/aromatic N) is 2. The average Bonchev–Trinajstić information content (AvgIpc) is 2.55. The predicted molar refractivity (Wildman–Crippen MR) is 86.0 cm³/mol. The van der Waals surface area contributed by atoms with Gasteiger partial charge >= 0.3 is 0 Å². The zero-order valence-corrected chi connectivity index (χ0v) is 11.7. The Balaban J connectivity index is 1.71. The SMILES string of the molecule is COc1ccc(/C=N\Nc2ccc3ccccc3n2)cc1. The highest BCUT2D eigenvalue weighted by Crippen LogP contribution is 2.14. The third-order valence-electron chi connectivity index (χ3n) is 3.11. The van der Waals surface area contributed by atoms with Crippen molar-refractivity contribution in [3.8, 4) is 5.75 Å². The minimum atomic E-state index is 0.721. The van der Waals surface area contributed by atoms with Crippen LogP contribution >= 0.6 is 0 Å². The Morgan fingerprint density at radius 3 is 2.62 bits per heavy atom. The lowest BCUT2D eigenvalue weighted by Crippen LogP contribution is -1.93. The fraction of sp³-hybridized carbons (Fsp3) is 0.0588. The number of para-hydroxylation sites is 1. The van der Waals surface area contributed by atoms with Crippen LogP contribution in [0.1, 0.15) is 5.56 Å². The molecule has 0 aliphatic heterocycles. The highest BCUT2D eigenvalue weighted by atomic mass is 16.5. The number of methoxy groups -OCH3 is 1. The van der Waals surface area contributed by atoms with Gasteiger partial charge in [-0.1, -0.05) is 18.2 Å². The Bertz CT molecular complexity index is 766. The van der Waals surface area contributed by atoms with Crippen molar-refractivity contribution >= 4 is 22.9 Å². The third kappa shape index (κ3) is 3.17. The van der Waals surface area contributed by atoms with Gasteiger partial charge in [0, 0.05) is 5.39 Å². The van der Waals surface area contributed by atoms with Crippen molar-refractivity contribution < 1.29 is 4.74 Å². The van der Waals surface area contributed by atoms with E-state index in [-0.39, 0.29) is 0 Å². The van der Waals surface area contributed by atoms with Crippen LogP contribution in [0, 0.1) is 0 Å². The van der Waals surface area contributed by atoms with Crippen LogP contribution < -0.4 is 10.2 Å². The molecule has 0 unspecified atom stereocenters. The predicted octanol–water partition coefficient (Wildman–Crippen LogP) is 3.69. The van der Waals surface area contributed by atoms with Gasteiger partial charge in [-0.3, -0.25) is 5.43 Å². The van der Waals surface area contributed by atoms with E-state index in [1.807, 2.05) is 60.7 Å². The minimum Gasteiger partial charge on any atom is -0.497 e. The molecule has 0 amide bonds. The van der Waals surface area contributed by atoms with Gasteiger partial charge in [-0.05, 0) is 48.0 Å². The summed E-state index contributed by atoms with van der Waals surface area (Å²) in [5.74, 6) is 1.55. The average molecular weight is 277 g/mol. The molecule has 4 nitrogen and oxygen atoms in total. The van der Waals surface area contributed by atoms with Crippen molar-refractivity contribution in [2.45, 2.75) is 0 Å². The monoisotopic (exact) mass is 277 g/mol. The standard InChI is InChI=1S/C17H15N3O/c1-21-15-9-6-13(7-10-15)12-18-20-17-11-8-14-4-2-3-5-16(14)19-17/h2-12H,1H3,(H,19,20)/b18-12-. The molecule has 0 spiro atoms. The molecule has 1 N–H and O–H groups in total. The van der Waals surface area contributed by atoms with E-state index in [0.717, 1.165) is 28.0 Å². The number of rotatable bonds is 4. The van der Waals surface area contributed by atoms with E-state index in [0.29, 0.717) is 0 Å². The van der Waals surface area contributed by atoms with Crippen molar-refractivity contribution in [1.82, 2.24) is 4.98 Å². The lowest BCUT2D eigenvalue weighted by atomic mass is 10.2. The lowest BCUT2D eigenvalue weighted by molar-refractivity contribution is 0.415. The van der Waals surface area contributed by atoms with Crippen molar-refractivity contribution in [3.05, 3.63) is 66.2 Å². The van der Waals surface area contributed by atoms with E-state index in [1.165, 1.54) is 0 Å². The molecule has 0 radical (unpaired) electrons. The maximum absolute atomic E-state index is 5.11. The second kappa shape index (κ2) is 6.05. The first kappa shape index (κ1) is 13.1. The summed E-state index contributed by atoms with van der Waals surface area (Å²) in [5, 5.41) is 5.31. The molecule has 0 fully saturated rings. The van der Waals surface area contributed by atoms with Crippen LogP contribution in [0.3, 0.4) is 0 Å². The van der Waals surface area contributed by atoms with Gasteiger partial charge < -0.3 is 4.74 Å². The van der Waals surface area contributed by atoms with Crippen molar-refractivity contribution in [3.63, 3.8) is 0 Å². The normalized spacial score (nSPS) is 10.9. The molecule has 3 rings (SSSR count). The molecular formula is C17H15N3O. The number of benzene rings is 2. The Morgan fingerprint density at radius 2 is 1.81 bits per heavy atom.